The maximum atomic E-state index is 4.41. The van der Waals surface area contributed by atoms with E-state index in [0.717, 1.165) is 25.5 Å². The second kappa shape index (κ2) is 4.17. The van der Waals surface area contributed by atoms with E-state index in [-0.39, 0.29) is 0 Å². The smallest absolute Gasteiger partial charge is 0.234 e. The molecular formula is C15H14N4. The summed E-state index contributed by atoms with van der Waals surface area (Å²) >= 11 is 0. The minimum Gasteiger partial charge on any atom is -0.312 e. The minimum absolute atomic E-state index is 0.766. The van der Waals surface area contributed by atoms with Gasteiger partial charge in [-0.2, -0.15) is 0 Å². The number of benzene rings is 1. The van der Waals surface area contributed by atoms with E-state index in [1.54, 1.807) is 12.4 Å². The topological polar surface area (TPSA) is 42.7 Å². The Kier molecular flexibility index (Phi) is 2.35. The molecule has 3 heterocycles. The summed E-state index contributed by atoms with van der Waals surface area (Å²) in [5, 5.41) is 4.75. The van der Waals surface area contributed by atoms with Crippen molar-refractivity contribution in [3.05, 3.63) is 54.0 Å². The van der Waals surface area contributed by atoms with Crippen LogP contribution in [-0.4, -0.2) is 21.1 Å². The molecule has 4 rings (SSSR count). The van der Waals surface area contributed by atoms with Gasteiger partial charge >= 0.3 is 0 Å². The molecular weight excluding hydrogens is 236 g/mol. The van der Waals surface area contributed by atoms with Crippen molar-refractivity contribution < 1.29 is 0 Å². The molecule has 0 unspecified atom stereocenters. The quantitative estimate of drug-likeness (QED) is 0.719. The predicted molar refractivity (Wildman–Crippen MR) is 74.3 cm³/mol. The molecule has 0 saturated carbocycles. The Balaban J connectivity index is 2.09. The molecule has 0 bridgehead atoms. The van der Waals surface area contributed by atoms with Gasteiger partial charge in [-0.05, 0) is 17.7 Å². The minimum atomic E-state index is 0.766. The average Bonchev–Trinajstić information content (AvgIpc) is 2.83. The van der Waals surface area contributed by atoms with Gasteiger partial charge in [0.2, 0.25) is 5.95 Å². The first-order chi connectivity index (χ1) is 9.45. The van der Waals surface area contributed by atoms with Crippen LogP contribution in [0.2, 0.25) is 0 Å². The monoisotopic (exact) mass is 250 g/mol. The molecule has 1 aliphatic heterocycles. The van der Waals surface area contributed by atoms with Crippen molar-refractivity contribution in [2.45, 2.75) is 13.0 Å². The summed E-state index contributed by atoms with van der Waals surface area (Å²) in [5.41, 5.74) is 3.92. The molecule has 1 aliphatic rings. The maximum Gasteiger partial charge on any atom is 0.234 e. The van der Waals surface area contributed by atoms with Crippen LogP contribution in [0.4, 0.5) is 0 Å². The van der Waals surface area contributed by atoms with Crippen molar-refractivity contribution in [2.24, 2.45) is 0 Å². The number of hydrogen-bond acceptors (Lipinski definition) is 3. The maximum absolute atomic E-state index is 4.41. The van der Waals surface area contributed by atoms with Gasteiger partial charge in [0.15, 0.2) is 0 Å². The zero-order valence-corrected chi connectivity index (χ0v) is 10.5. The SMILES string of the molecule is c1cnc(-n2c3c(c4ccccc42)CNCC3)nc1. The molecule has 19 heavy (non-hydrogen) atoms. The van der Waals surface area contributed by atoms with Crippen LogP contribution < -0.4 is 5.32 Å². The molecule has 94 valence electrons. The summed E-state index contributed by atoms with van der Waals surface area (Å²) < 4.78 is 2.20. The van der Waals surface area contributed by atoms with E-state index in [1.807, 2.05) is 6.07 Å². The molecule has 0 radical (unpaired) electrons. The van der Waals surface area contributed by atoms with Crippen molar-refractivity contribution in [1.82, 2.24) is 19.9 Å². The fraction of sp³-hybridized carbons (Fsp3) is 0.200. The fourth-order valence-corrected chi connectivity index (χ4v) is 2.87. The van der Waals surface area contributed by atoms with E-state index in [1.165, 1.54) is 22.2 Å². The Labute approximate surface area is 111 Å². The lowest BCUT2D eigenvalue weighted by atomic mass is 10.1. The van der Waals surface area contributed by atoms with Gasteiger partial charge in [0.05, 0.1) is 5.52 Å². The van der Waals surface area contributed by atoms with Crippen LogP contribution in [0.25, 0.3) is 16.9 Å². The second-order valence-corrected chi connectivity index (χ2v) is 4.75. The number of nitrogens with zero attached hydrogens (tertiary/aromatic N) is 3. The number of hydrogen-bond donors (Lipinski definition) is 1. The summed E-state index contributed by atoms with van der Waals surface area (Å²) in [6.45, 7) is 1.94. The Morgan fingerprint density at radius 1 is 1.05 bits per heavy atom. The van der Waals surface area contributed by atoms with E-state index in [4.69, 9.17) is 0 Å². The van der Waals surface area contributed by atoms with Gasteiger partial charge in [-0.3, -0.25) is 4.57 Å². The molecule has 0 fully saturated rings. The van der Waals surface area contributed by atoms with Crippen LogP contribution >= 0.6 is 0 Å². The highest BCUT2D eigenvalue weighted by molar-refractivity contribution is 5.87. The zero-order valence-electron chi connectivity index (χ0n) is 10.5. The van der Waals surface area contributed by atoms with Crippen molar-refractivity contribution in [3.8, 4) is 5.95 Å². The van der Waals surface area contributed by atoms with Gasteiger partial charge in [-0.1, -0.05) is 18.2 Å². The lowest BCUT2D eigenvalue weighted by Gasteiger charge is -2.15. The lowest BCUT2D eigenvalue weighted by Crippen LogP contribution is -2.24. The van der Waals surface area contributed by atoms with Gasteiger partial charge < -0.3 is 5.32 Å². The summed E-state index contributed by atoms with van der Waals surface area (Å²) in [5.74, 6) is 0.766. The Hall–Kier alpha value is -2.20. The number of rotatable bonds is 1. The van der Waals surface area contributed by atoms with Crippen LogP contribution in [0.1, 0.15) is 11.3 Å². The highest BCUT2D eigenvalue weighted by Crippen LogP contribution is 2.30. The Morgan fingerprint density at radius 3 is 2.79 bits per heavy atom. The first-order valence-corrected chi connectivity index (χ1v) is 6.54. The molecule has 3 aromatic rings. The van der Waals surface area contributed by atoms with E-state index in [0.29, 0.717) is 0 Å². The van der Waals surface area contributed by atoms with Gasteiger partial charge in [-0.25, -0.2) is 9.97 Å². The molecule has 1 aromatic carbocycles. The summed E-state index contributed by atoms with van der Waals surface area (Å²) in [7, 11) is 0. The first kappa shape index (κ1) is 10.7. The second-order valence-electron chi connectivity index (χ2n) is 4.75. The third-order valence-electron chi connectivity index (χ3n) is 3.68. The van der Waals surface area contributed by atoms with E-state index >= 15 is 0 Å². The highest BCUT2D eigenvalue weighted by Gasteiger charge is 2.21. The number of para-hydroxylation sites is 1. The van der Waals surface area contributed by atoms with Gasteiger partial charge in [0.1, 0.15) is 0 Å². The number of aromatic nitrogens is 3. The lowest BCUT2D eigenvalue weighted by molar-refractivity contribution is 0.628. The van der Waals surface area contributed by atoms with E-state index < -0.39 is 0 Å². The largest absolute Gasteiger partial charge is 0.312 e. The molecule has 0 spiro atoms. The fourth-order valence-electron chi connectivity index (χ4n) is 2.87. The van der Waals surface area contributed by atoms with Crippen molar-refractivity contribution in [2.75, 3.05) is 6.54 Å². The van der Waals surface area contributed by atoms with Crippen molar-refractivity contribution >= 4 is 10.9 Å². The summed E-state index contributed by atoms with van der Waals surface area (Å²) in [4.78, 5) is 8.82. The highest BCUT2D eigenvalue weighted by atomic mass is 15.2. The molecule has 0 saturated heterocycles. The van der Waals surface area contributed by atoms with Crippen molar-refractivity contribution in [3.63, 3.8) is 0 Å². The van der Waals surface area contributed by atoms with Crippen LogP contribution in [0.5, 0.6) is 0 Å². The third kappa shape index (κ3) is 1.57. The van der Waals surface area contributed by atoms with E-state index in [9.17, 15) is 0 Å². The van der Waals surface area contributed by atoms with E-state index in [2.05, 4.69) is 44.1 Å². The van der Waals surface area contributed by atoms with Crippen LogP contribution in [-0.2, 0) is 13.0 Å². The zero-order chi connectivity index (χ0) is 12.7. The molecule has 0 amide bonds. The van der Waals surface area contributed by atoms with Crippen LogP contribution in [0.15, 0.2) is 42.7 Å². The summed E-state index contributed by atoms with van der Waals surface area (Å²) in [6, 6.07) is 10.3. The van der Waals surface area contributed by atoms with Gasteiger partial charge in [0.25, 0.3) is 0 Å². The third-order valence-corrected chi connectivity index (χ3v) is 3.68. The Bertz CT molecular complexity index is 730. The Morgan fingerprint density at radius 2 is 1.89 bits per heavy atom. The molecule has 4 heteroatoms. The van der Waals surface area contributed by atoms with Gasteiger partial charge in [0, 0.05) is 43.0 Å². The van der Waals surface area contributed by atoms with Crippen LogP contribution in [0.3, 0.4) is 0 Å². The molecule has 0 aliphatic carbocycles. The molecule has 1 N–H and O–H groups in total. The predicted octanol–water partition coefficient (Wildman–Crippen LogP) is 2.07. The number of nitrogens with one attached hydrogen (secondary N) is 1. The molecule has 0 atom stereocenters. The normalized spacial score (nSPS) is 14.5. The summed E-state index contributed by atoms with van der Waals surface area (Å²) in [6.07, 6.45) is 4.61. The average molecular weight is 250 g/mol. The van der Waals surface area contributed by atoms with Gasteiger partial charge in [-0.15, -0.1) is 0 Å². The number of fused-ring (bicyclic) bond motifs is 3. The van der Waals surface area contributed by atoms with Crippen molar-refractivity contribution in [1.29, 1.82) is 0 Å². The molecule has 4 nitrogen and oxygen atoms in total. The standard InChI is InChI=1S/C15H14N4/c1-2-5-13-11(4-1)12-10-16-9-6-14(12)19(13)15-17-7-3-8-18-15/h1-5,7-8,16H,6,9-10H2. The molecule has 2 aromatic heterocycles. The van der Waals surface area contributed by atoms with Crippen LogP contribution in [0, 0.1) is 0 Å². The first-order valence-electron chi connectivity index (χ1n) is 6.54.